The second-order valence-electron chi connectivity index (χ2n) is 3.13. The van der Waals surface area contributed by atoms with E-state index < -0.39 is 0 Å². The third kappa shape index (κ3) is 2.24. The maximum absolute atomic E-state index is 5.81. The molecule has 0 spiro atoms. The Labute approximate surface area is 87.1 Å². The SMILES string of the molecule is CC(C)c1cc(Br)ccc1CCl. The van der Waals surface area contributed by atoms with Gasteiger partial charge >= 0.3 is 0 Å². The zero-order valence-corrected chi connectivity index (χ0v) is 9.61. The van der Waals surface area contributed by atoms with Crippen molar-refractivity contribution in [3.05, 3.63) is 33.8 Å². The predicted molar refractivity (Wildman–Crippen MR) is 57.8 cm³/mol. The molecule has 0 amide bonds. The van der Waals surface area contributed by atoms with E-state index in [1.807, 2.05) is 6.07 Å². The average Bonchev–Trinajstić information content (AvgIpc) is 2.04. The Bertz CT molecular complexity index is 269. The molecule has 1 rings (SSSR count). The van der Waals surface area contributed by atoms with Gasteiger partial charge in [-0.1, -0.05) is 35.8 Å². The summed E-state index contributed by atoms with van der Waals surface area (Å²) >= 11 is 9.26. The molecule has 0 fully saturated rings. The van der Waals surface area contributed by atoms with E-state index in [-0.39, 0.29) is 0 Å². The molecule has 66 valence electrons. The number of rotatable bonds is 2. The first-order chi connectivity index (χ1) is 5.65. The van der Waals surface area contributed by atoms with Gasteiger partial charge in [0.25, 0.3) is 0 Å². The van der Waals surface area contributed by atoms with E-state index in [0.29, 0.717) is 11.8 Å². The van der Waals surface area contributed by atoms with Crippen LogP contribution >= 0.6 is 27.5 Å². The van der Waals surface area contributed by atoms with Crippen LogP contribution < -0.4 is 0 Å². The fourth-order valence-corrected chi connectivity index (χ4v) is 1.85. The van der Waals surface area contributed by atoms with Gasteiger partial charge in [-0.15, -0.1) is 11.6 Å². The summed E-state index contributed by atoms with van der Waals surface area (Å²) in [6.45, 7) is 4.36. The minimum atomic E-state index is 0.538. The lowest BCUT2D eigenvalue weighted by atomic mass is 9.98. The zero-order valence-electron chi connectivity index (χ0n) is 7.27. The van der Waals surface area contributed by atoms with E-state index in [1.165, 1.54) is 11.1 Å². The van der Waals surface area contributed by atoms with Crippen LogP contribution in [0.1, 0.15) is 30.9 Å². The van der Waals surface area contributed by atoms with Crippen LogP contribution in [0.15, 0.2) is 22.7 Å². The van der Waals surface area contributed by atoms with Gasteiger partial charge in [-0.2, -0.15) is 0 Å². The zero-order chi connectivity index (χ0) is 9.14. The first kappa shape index (κ1) is 10.1. The van der Waals surface area contributed by atoms with Crippen molar-refractivity contribution in [1.82, 2.24) is 0 Å². The summed E-state index contributed by atoms with van der Waals surface area (Å²) in [4.78, 5) is 0. The minimum absolute atomic E-state index is 0.538. The monoisotopic (exact) mass is 246 g/mol. The van der Waals surface area contributed by atoms with Crippen molar-refractivity contribution in [2.75, 3.05) is 0 Å². The van der Waals surface area contributed by atoms with Gasteiger partial charge in [-0.3, -0.25) is 0 Å². The lowest BCUT2D eigenvalue weighted by Gasteiger charge is -2.10. The summed E-state index contributed by atoms with van der Waals surface area (Å²) in [5.74, 6) is 1.14. The largest absolute Gasteiger partial charge is 0.122 e. The first-order valence-electron chi connectivity index (χ1n) is 3.99. The van der Waals surface area contributed by atoms with Gasteiger partial charge in [0.15, 0.2) is 0 Å². The molecule has 2 heteroatoms. The van der Waals surface area contributed by atoms with E-state index in [9.17, 15) is 0 Å². The van der Waals surface area contributed by atoms with Crippen LogP contribution in [0.5, 0.6) is 0 Å². The summed E-state index contributed by atoms with van der Waals surface area (Å²) in [7, 11) is 0. The molecular formula is C10H12BrCl. The molecule has 1 aromatic carbocycles. The van der Waals surface area contributed by atoms with Crippen molar-refractivity contribution in [3.63, 3.8) is 0 Å². The molecule has 0 saturated heterocycles. The molecule has 0 N–H and O–H groups in total. The maximum atomic E-state index is 5.81. The molecule has 0 heterocycles. The lowest BCUT2D eigenvalue weighted by Crippen LogP contribution is -1.93. The Hall–Kier alpha value is -0.0100. The summed E-state index contributed by atoms with van der Waals surface area (Å²) in [5, 5.41) is 0. The number of alkyl halides is 1. The third-order valence-electron chi connectivity index (χ3n) is 1.87. The van der Waals surface area contributed by atoms with Crippen LogP contribution in [-0.2, 0) is 5.88 Å². The van der Waals surface area contributed by atoms with Crippen LogP contribution in [0.25, 0.3) is 0 Å². The van der Waals surface area contributed by atoms with Crippen molar-refractivity contribution in [1.29, 1.82) is 0 Å². The van der Waals surface area contributed by atoms with Crippen molar-refractivity contribution in [3.8, 4) is 0 Å². The fourth-order valence-electron chi connectivity index (χ4n) is 1.22. The first-order valence-corrected chi connectivity index (χ1v) is 5.32. The molecule has 0 aliphatic heterocycles. The number of hydrogen-bond acceptors (Lipinski definition) is 0. The van der Waals surface area contributed by atoms with Crippen molar-refractivity contribution >= 4 is 27.5 Å². The molecule has 0 aromatic heterocycles. The Kier molecular flexibility index (Phi) is 3.60. The van der Waals surface area contributed by atoms with Gasteiger partial charge in [0, 0.05) is 10.4 Å². The van der Waals surface area contributed by atoms with Gasteiger partial charge < -0.3 is 0 Å². The van der Waals surface area contributed by atoms with Gasteiger partial charge in [0.05, 0.1) is 0 Å². The molecule has 0 radical (unpaired) electrons. The summed E-state index contributed by atoms with van der Waals surface area (Å²) in [6, 6.07) is 6.25. The fraction of sp³-hybridized carbons (Fsp3) is 0.400. The molecule has 1 aromatic rings. The second kappa shape index (κ2) is 4.29. The van der Waals surface area contributed by atoms with Gasteiger partial charge in [-0.25, -0.2) is 0 Å². The summed E-state index contributed by atoms with van der Waals surface area (Å²) in [5.41, 5.74) is 2.56. The van der Waals surface area contributed by atoms with Crippen molar-refractivity contribution in [2.24, 2.45) is 0 Å². The Balaban J connectivity index is 3.12. The van der Waals surface area contributed by atoms with E-state index in [1.54, 1.807) is 0 Å². The minimum Gasteiger partial charge on any atom is -0.122 e. The van der Waals surface area contributed by atoms with E-state index >= 15 is 0 Å². The standard InChI is InChI=1S/C10H12BrCl/c1-7(2)10-5-9(11)4-3-8(10)6-12/h3-5,7H,6H2,1-2H3. The Morgan fingerprint density at radius 3 is 2.58 bits per heavy atom. The molecule has 12 heavy (non-hydrogen) atoms. The lowest BCUT2D eigenvalue weighted by molar-refractivity contribution is 0.853. The molecule has 0 bridgehead atoms. The van der Waals surface area contributed by atoms with Crippen molar-refractivity contribution < 1.29 is 0 Å². The summed E-state index contributed by atoms with van der Waals surface area (Å²) in [6.07, 6.45) is 0. The van der Waals surface area contributed by atoms with Gasteiger partial charge in [0.2, 0.25) is 0 Å². The predicted octanol–water partition coefficient (Wildman–Crippen LogP) is 4.31. The smallest absolute Gasteiger partial charge is 0.0476 e. The highest BCUT2D eigenvalue weighted by Gasteiger charge is 2.05. The highest BCUT2D eigenvalue weighted by Crippen LogP contribution is 2.24. The normalized spacial score (nSPS) is 10.8. The molecule has 0 nitrogen and oxygen atoms in total. The van der Waals surface area contributed by atoms with Crippen LogP contribution in [0, 0.1) is 0 Å². The van der Waals surface area contributed by atoms with Crippen LogP contribution in [-0.4, -0.2) is 0 Å². The number of benzene rings is 1. The average molecular weight is 248 g/mol. The third-order valence-corrected chi connectivity index (χ3v) is 2.66. The van der Waals surface area contributed by atoms with Crippen LogP contribution in [0.3, 0.4) is 0 Å². The van der Waals surface area contributed by atoms with E-state index in [2.05, 4.69) is 41.9 Å². The number of halogens is 2. The van der Waals surface area contributed by atoms with Crippen molar-refractivity contribution in [2.45, 2.75) is 25.6 Å². The molecule has 0 unspecified atom stereocenters. The molecule has 0 aliphatic rings. The highest BCUT2D eigenvalue weighted by molar-refractivity contribution is 9.10. The molecule has 0 aliphatic carbocycles. The van der Waals surface area contributed by atoms with Gasteiger partial charge in [-0.05, 0) is 29.2 Å². The molecule has 0 saturated carbocycles. The Morgan fingerprint density at radius 2 is 2.08 bits per heavy atom. The van der Waals surface area contributed by atoms with Crippen LogP contribution in [0.4, 0.5) is 0 Å². The summed E-state index contributed by atoms with van der Waals surface area (Å²) < 4.78 is 1.13. The van der Waals surface area contributed by atoms with Gasteiger partial charge in [0.1, 0.15) is 0 Å². The topological polar surface area (TPSA) is 0 Å². The number of hydrogen-bond donors (Lipinski definition) is 0. The second-order valence-corrected chi connectivity index (χ2v) is 4.31. The molecule has 0 atom stereocenters. The Morgan fingerprint density at radius 1 is 1.42 bits per heavy atom. The van der Waals surface area contributed by atoms with E-state index in [0.717, 1.165) is 4.47 Å². The molecular weight excluding hydrogens is 235 g/mol. The van der Waals surface area contributed by atoms with Crippen LogP contribution in [0.2, 0.25) is 0 Å². The highest BCUT2D eigenvalue weighted by atomic mass is 79.9. The maximum Gasteiger partial charge on any atom is 0.0476 e. The van der Waals surface area contributed by atoms with E-state index in [4.69, 9.17) is 11.6 Å². The quantitative estimate of drug-likeness (QED) is 0.683.